The topological polar surface area (TPSA) is 42.0 Å². The number of nitrogens with zero attached hydrogens (tertiary/aromatic N) is 2. The number of carbonyl (C=O) groups excluding carboxylic acids is 1. The molecule has 4 heterocycles. The molecular formula is C20H26N2O3. The van der Waals surface area contributed by atoms with E-state index >= 15 is 0 Å². The van der Waals surface area contributed by atoms with Gasteiger partial charge in [-0.15, -0.1) is 0 Å². The second-order valence-electron chi connectivity index (χ2n) is 8.41. The molecule has 0 N–H and O–H groups in total. The van der Waals surface area contributed by atoms with Gasteiger partial charge in [-0.2, -0.15) is 0 Å². The molecule has 134 valence electrons. The lowest BCUT2D eigenvalue weighted by atomic mass is 9.73. The zero-order valence-electron chi connectivity index (χ0n) is 15.0. The second-order valence-corrected chi connectivity index (χ2v) is 8.41. The van der Waals surface area contributed by atoms with Crippen LogP contribution in [0.3, 0.4) is 0 Å². The molecule has 4 aliphatic rings. The third kappa shape index (κ3) is 2.29. The molecule has 1 spiro atoms. The van der Waals surface area contributed by atoms with E-state index in [1.165, 1.54) is 0 Å². The van der Waals surface area contributed by atoms with Crippen LogP contribution in [0.4, 0.5) is 0 Å². The number of fused-ring (bicyclic) bond motifs is 2. The summed E-state index contributed by atoms with van der Waals surface area (Å²) in [6.45, 7) is 3.81. The average Bonchev–Trinajstić information content (AvgIpc) is 3.33. The van der Waals surface area contributed by atoms with Crippen molar-refractivity contribution in [1.82, 2.24) is 9.80 Å². The number of benzene rings is 1. The van der Waals surface area contributed by atoms with Crippen LogP contribution in [0.15, 0.2) is 18.2 Å². The number of carbonyl (C=O) groups is 1. The summed E-state index contributed by atoms with van der Waals surface area (Å²) in [6.07, 6.45) is 2.64. The third-order valence-corrected chi connectivity index (χ3v) is 6.65. The Bertz CT molecular complexity index is 719. The van der Waals surface area contributed by atoms with Crippen molar-refractivity contribution in [3.05, 3.63) is 34.9 Å². The maximum Gasteiger partial charge on any atom is 0.254 e. The van der Waals surface area contributed by atoms with Crippen LogP contribution in [-0.4, -0.2) is 61.1 Å². The van der Waals surface area contributed by atoms with Gasteiger partial charge in [-0.3, -0.25) is 4.79 Å². The fraction of sp³-hybridized carbons (Fsp3) is 0.650. The minimum absolute atomic E-state index is 0.0878. The van der Waals surface area contributed by atoms with Gasteiger partial charge in [0, 0.05) is 30.5 Å². The fourth-order valence-corrected chi connectivity index (χ4v) is 5.59. The van der Waals surface area contributed by atoms with E-state index in [1.807, 2.05) is 17.0 Å². The van der Waals surface area contributed by atoms with Gasteiger partial charge < -0.3 is 19.3 Å². The minimum Gasteiger partial charge on any atom is -0.372 e. The van der Waals surface area contributed by atoms with E-state index in [0.717, 1.165) is 49.2 Å². The first-order valence-electron chi connectivity index (χ1n) is 9.38. The second kappa shape index (κ2) is 5.53. The van der Waals surface area contributed by atoms with Gasteiger partial charge in [-0.1, -0.05) is 12.1 Å². The molecule has 25 heavy (non-hydrogen) atoms. The lowest BCUT2D eigenvalue weighted by molar-refractivity contribution is 0.00254. The Morgan fingerprint density at radius 3 is 3.08 bits per heavy atom. The van der Waals surface area contributed by atoms with Crippen LogP contribution in [0.5, 0.6) is 0 Å². The molecule has 0 aromatic heterocycles. The Morgan fingerprint density at radius 2 is 2.24 bits per heavy atom. The Hall–Kier alpha value is -1.43. The Balaban J connectivity index is 1.41. The van der Waals surface area contributed by atoms with Crippen molar-refractivity contribution in [2.24, 2.45) is 11.8 Å². The fourth-order valence-electron chi connectivity index (χ4n) is 5.59. The average molecular weight is 342 g/mol. The van der Waals surface area contributed by atoms with Gasteiger partial charge in [-0.25, -0.2) is 0 Å². The van der Waals surface area contributed by atoms with Crippen LogP contribution in [0.2, 0.25) is 0 Å². The van der Waals surface area contributed by atoms with Crippen LogP contribution < -0.4 is 0 Å². The molecule has 5 nitrogen and oxygen atoms in total. The largest absolute Gasteiger partial charge is 0.372 e. The van der Waals surface area contributed by atoms with Crippen LogP contribution >= 0.6 is 0 Å². The van der Waals surface area contributed by atoms with Gasteiger partial charge >= 0.3 is 0 Å². The van der Waals surface area contributed by atoms with Crippen molar-refractivity contribution >= 4 is 5.91 Å². The molecule has 0 saturated carbocycles. The molecule has 4 atom stereocenters. The summed E-state index contributed by atoms with van der Waals surface area (Å²) in [6, 6.07) is 6.00. The van der Waals surface area contributed by atoms with Crippen LogP contribution in [-0.2, 0) is 22.7 Å². The van der Waals surface area contributed by atoms with E-state index in [0.29, 0.717) is 31.2 Å². The van der Waals surface area contributed by atoms with E-state index in [1.54, 1.807) is 0 Å². The molecule has 1 aromatic carbocycles. The minimum atomic E-state index is -0.0878. The van der Waals surface area contributed by atoms with Gasteiger partial charge in [0.25, 0.3) is 5.91 Å². The first-order valence-corrected chi connectivity index (χ1v) is 9.38. The highest BCUT2D eigenvalue weighted by Crippen LogP contribution is 2.55. The summed E-state index contributed by atoms with van der Waals surface area (Å²) in [5, 5.41) is 0. The van der Waals surface area contributed by atoms with Crippen molar-refractivity contribution < 1.29 is 14.3 Å². The lowest BCUT2D eigenvalue weighted by Crippen LogP contribution is -2.40. The maximum absolute atomic E-state index is 13.2. The van der Waals surface area contributed by atoms with E-state index in [4.69, 9.17) is 9.47 Å². The van der Waals surface area contributed by atoms with E-state index in [9.17, 15) is 4.79 Å². The van der Waals surface area contributed by atoms with Crippen LogP contribution in [0.1, 0.15) is 34.3 Å². The number of hydrogen-bond donors (Lipinski definition) is 0. The van der Waals surface area contributed by atoms with E-state index in [-0.39, 0.29) is 11.5 Å². The van der Waals surface area contributed by atoms with E-state index < -0.39 is 0 Å². The predicted octanol–water partition coefficient (Wildman–Crippen LogP) is 1.90. The molecule has 0 radical (unpaired) electrons. The third-order valence-electron chi connectivity index (χ3n) is 6.65. The van der Waals surface area contributed by atoms with Crippen molar-refractivity contribution in [1.29, 1.82) is 0 Å². The standard InChI is InChI=1S/C20H26N2O3/c1-21(2)8-15-17-9-22(12-20(17)7-6-18(15)25-20)19(23)14-5-3-4-13-10-24-11-16(13)14/h3-5,15,17-18H,6-12H2,1-2H3/t15-,17+,18+,20+/m1/s1. The highest BCUT2D eigenvalue weighted by atomic mass is 16.5. The zero-order chi connectivity index (χ0) is 17.2. The van der Waals surface area contributed by atoms with Gasteiger partial charge in [0.15, 0.2) is 0 Å². The SMILES string of the molecule is CN(C)C[C@H]1[C@@H]2CC[C@@]3(CN(C(=O)c4cccc5c4COC5)C[C@@H]13)O2. The predicted molar refractivity (Wildman–Crippen MR) is 93.2 cm³/mol. The van der Waals surface area contributed by atoms with Crippen molar-refractivity contribution in [3.63, 3.8) is 0 Å². The number of ether oxygens (including phenoxy) is 2. The smallest absolute Gasteiger partial charge is 0.254 e. The summed E-state index contributed by atoms with van der Waals surface area (Å²) in [7, 11) is 4.26. The first kappa shape index (κ1) is 15.8. The molecule has 5 heteroatoms. The number of likely N-dealkylation sites (tertiary alicyclic amines) is 1. The summed E-state index contributed by atoms with van der Waals surface area (Å²) < 4.78 is 12.0. The van der Waals surface area contributed by atoms with Crippen molar-refractivity contribution in [3.8, 4) is 0 Å². The summed E-state index contributed by atoms with van der Waals surface area (Å²) in [4.78, 5) is 17.5. The normalized spacial score (nSPS) is 35.5. The van der Waals surface area contributed by atoms with Gasteiger partial charge in [0.05, 0.1) is 31.5 Å². The van der Waals surface area contributed by atoms with Gasteiger partial charge in [-0.05, 0) is 44.1 Å². The molecule has 3 fully saturated rings. The Kier molecular flexibility index (Phi) is 3.50. The molecule has 5 rings (SSSR count). The molecule has 1 aromatic rings. The van der Waals surface area contributed by atoms with Crippen LogP contribution in [0, 0.1) is 11.8 Å². The molecule has 2 bridgehead atoms. The number of amides is 1. The monoisotopic (exact) mass is 342 g/mol. The molecular weight excluding hydrogens is 316 g/mol. The highest BCUT2D eigenvalue weighted by Gasteiger charge is 2.63. The summed E-state index contributed by atoms with van der Waals surface area (Å²) in [5.41, 5.74) is 2.98. The van der Waals surface area contributed by atoms with Gasteiger partial charge in [0.1, 0.15) is 0 Å². The summed E-state index contributed by atoms with van der Waals surface area (Å²) >= 11 is 0. The molecule has 0 aliphatic carbocycles. The van der Waals surface area contributed by atoms with Gasteiger partial charge in [0.2, 0.25) is 0 Å². The molecule has 3 saturated heterocycles. The van der Waals surface area contributed by atoms with E-state index in [2.05, 4.69) is 25.1 Å². The van der Waals surface area contributed by atoms with Crippen LogP contribution in [0.25, 0.3) is 0 Å². The molecule has 1 amide bonds. The lowest BCUT2D eigenvalue weighted by Gasteiger charge is -2.30. The molecule has 0 unspecified atom stereocenters. The maximum atomic E-state index is 13.2. The first-order chi connectivity index (χ1) is 12.1. The number of rotatable bonds is 3. The zero-order valence-corrected chi connectivity index (χ0v) is 15.0. The Labute approximate surface area is 148 Å². The quantitative estimate of drug-likeness (QED) is 0.841. The highest BCUT2D eigenvalue weighted by molar-refractivity contribution is 5.96. The van der Waals surface area contributed by atoms with Crippen molar-refractivity contribution in [2.75, 3.05) is 33.7 Å². The molecule has 4 aliphatic heterocycles. The Morgan fingerprint density at radius 1 is 1.36 bits per heavy atom. The summed E-state index contributed by atoms with van der Waals surface area (Å²) in [5.74, 6) is 1.18. The van der Waals surface area contributed by atoms with Crippen molar-refractivity contribution in [2.45, 2.75) is 37.8 Å². The number of hydrogen-bond acceptors (Lipinski definition) is 4.